The van der Waals surface area contributed by atoms with Crippen molar-refractivity contribution < 1.29 is 18.8 Å². The summed E-state index contributed by atoms with van der Waals surface area (Å²) in [6, 6.07) is 0. The van der Waals surface area contributed by atoms with Crippen LogP contribution in [0, 0.1) is 5.92 Å². The zero-order valence-corrected chi connectivity index (χ0v) is 20.7. The average Bonchev–Trinajstić information content (AvgIpc) is 2.90. The molecule has 0 aliphatic carbocycles. The van der Waals surface area contributed by atoms with Gasteiger partial charge < -0.3 is 9.16 Å². The summed E-state index contributed by atoms with van der Waals surface area (Å²) in [7, 11) is -1.98. The smallest absolute Gasteiger partial charge is 0.357 e. The van der Waals surface area contributed by atoms with Gasteiger partial charge in [0, 0.05) is 0 Å². The van der Waals surface area contributed by atoms with E-state index < -0.39 is 14.3 Å². The molecule has 5 nitrogen and oxygen atoms in total. The molecule has 3 atom stereocenters. The van der Waals surface area contributed by atoms with Crippen LogP contribution in [0.25, 0.3) is 0 Å². The molecule has 0 aromatic rings. The number of carbonyl (C=O) groups excluding carboxylic acids is 2. The van der Waals surface area contributed by atoms with Crippen LogP contribution in [-0.4, -0.2) is 48.9 Å². The van der Waals surface area contributed by atoms with E-state index in [1.165, 1.54) is 6.08 Å². The van der Waals surface area contributed by atoms with Gasteiger partial charge in [0.05, 0.1) is 16.3 Å². The minimum absolute atomic E-state index is 0.0404. The zero-order chi connectivity index (χ0) is 21.3. The first-order valence-electron chi connectivity index (χ1n) is 9.79. The Kier molecular flexibility index (Phi) is 7.56. The molecule has 0 spiro atoms. The maximum absolute atomic E-state index is 13.0. The lowest BCUT2D eigenvalue weighted by molar-refractivity contribution is -0.157. The van der Waals surface area contributed by atoms with E-state index in [9.17, 15) is 9.59 Å². The Hall–Kier alpha value is -0.703. The van der Waals surface area contributed by atoms with Gasteiger partial charge in [-0.1, -0.05) is 52.1 Å². The highest BCUT2D eigenvalue weighted by atomic mass is 32.2. The molecule has 0 aromatic carbocycles. The zero-order valence-electron chi connectivity index (χ0n) is 18.0. The number of nitrogens with zero attached hydrogens (tertiary/aromatic N) is 1. The first-order valence-corrected chi connectivity index (χ1v) is 14.6. The lowest BCUT2D eigenvalue weighted by atomic mass is 9.92. The van der Waals surface area contributed by atoms with E-state index in [0.717, 1.165) is 16.4 Å². The number of ether oxygens (including phenoxy) is 1. The third-order valence-electron chi connectivity index (χ3n) is 5.50. The van der Waals surface area contributed by atoms with Crippen LogP contribution < -0.4 is 0 Å². The summed E-state index contributed by atoms with van der Waals surface area (Å²) in [5, 5.41) is -0.00531. The van der Waals surface area contributed by atoms with Gasteiger partial charge in [0.25, 0.3) is 0 Å². The van der Waals surface area contributed by atoms with Crippen LogP contribution in [0.15, 0.2) is 22.6 Å². The standard InChI is InChI=1S/C20H33NO4S2Si/c1-9-11-24-18(23)15-19(26-12-10-2)27-17-14(16(22)21(15)17)13(3)25-28(7,8)20(4,5)6/h9,13-14,17H,1,10-12H2,2-8H3/t13-,14+,17-/m1/s1. The molecule has 1 amide bonds. The average molecular weight is 444 g/mol. The minimum atomic E-state index is -1.98. The number of rotatable bonds is 9. The number of fused-ring (bicyclic) bond motifs is 1. The van der Waals surface area contributed by atoms with Crippen molar-refractivity contribution in [3.63, 3.8) is 0 Å². The molecule has 0 radical (unpaired) electrons. The maximum Gasteiger partial charge on any atom is 0.357 e. The molecule has 8 heteroatoms. The van der Waals surface area contributed by atoms with E-state index in [0.29, 0.717) is 5.70 Å². The van der Waals surface area contributed by atoms with Gasteiger partial charge in [-0.2, -0.15) is 0 Å². The van der Waals surface area contributed by atoms with Crippen LogP contribution >= 0.6 is 23.5 Å². The van der Waals surface area contributed by atoms with Gasteiger partial charge in [-0.15, -0.1) is 11.8 Å². The molecule has 2 aliphatic rings. The van der Waals surface area contributed by atoms with Crippen LogP contribution in [0.4, 0.5) is 0 Å². The molecular weight excluding hydrogens is 410 g/mol. The van der Waals surface area contributed by atoms with Crippen LogP contribution in [-0.2, 0) is 18.8 Å². The summed E-state index contributed by atoms with van der Waals surface area (Å²) < 4.78 is 12.6. The molecular formula is C20H33NO4S2Si. The van der Waals surface area contributed by atoms with Crippen molar-refractivity contribution in [2.75, 3.05) is 12.4 Å². The summed E-state index contributed by atoms with van der Waals surface area (Å²) in [6.07, 6.45) is 2.35. The first kappa shape index (κ1) is 23.6. The fraction of sp³-hybridized carbons (Fsp3) is 0.700. The Bertz CT molecular complexity index is 672. The van der Waals surface area contributed by atoms with Gasteiger partial charge in [0.1, 0.15) is 12.0 Å². The van der Waals surface area contributed by atoms with Gasteiger partial charge in [-0.05, 0) is 37.2 Å². The number of hydrogen-bond donors (Lipinski definition) is 0. The Labute approximate surface area is 178 Å². The Morgan fingerprint density at radius 2 is 2.07 bits per heavy atom. The third kappa shape index (κ3) is 4.55. The fourth-order valence-electron chi connectivity index (χ4n) is 2.94. The van der Waals surface area contributed by atoms with E-state index in [1.54, 1.807) is 28.4 Å². The van der Waals surface area contributed by atoms with Crippen LogP contribution in [0.2, 0.25) is 18.1 Å². The molecule has 158 valence electrons. The van der Waals surface area contributed by atoms with E-state index in [-0.39, 0.29) is 34.9 Å². The molecule has 1 fully saturated rings. The molecule has 28 heavy (non-hydrogen) atoms. The number of hydrogen-bond acceptors (Lipinski definition) is 6. The molecule has 2 rings (SSSR count). The predicted molar refractivity (Wildman–Crippen MR) is 120 cm³/mol. The van der Waals surface area contributed by atoms with Crippen molar-refractivity contribution in [1.82, 2.24) is 4.90 Å². The number of carbonyl (C=O) groups is 2. The van der Waals surface area contributed by atoms with Crippen LogP contribution in [0.5, 0.6) is 0 Å². The minimum Gasteiger partial charge on any atom is -0.457 e. The van der Waals surface area contributed by atoms with Crippen molar-refractivity contribution in [2.24, 2.45) is 5.92 Å². The van der Waals surface area contributed by atoms with Gasteiger partial charge in [-0.25, -0.2) is 4.79 Å². The van der Waals surface area contributed by atoms with E-state index in [2.05, 4.69) is 47.4 Å². The second-order valence-electron chi connectivity index (χ2n) is 8.70. The van der Waals surface area contributed by atoms with Crippen molar-refractivity contribution in [3.05, 3.63) is 22.6 Å². The lowest BCUT2D eigenvalue weighted by Crippen LogP contribution is -2.62. The van der Waals surface area contributed by atoms with E-state index in [4.69, 9.17) is 9.16 Å². The predicted octanol–water partition coefficient (Wildman–Crippen LogP) is 4.97. The Morgan fingerprint density at radius 1 is 1.43 bits per heavy atom. The van der Waals surface area contributed by atoms with Gasteiger partial charge >= 0.3 is 5.97 Å². The molecule has 0 unspecified atom stereocenters. The van der Waals surface area contributed by atoms with Crippen molar-refractivity contribution >= 4 is 43.7 Å². The highest BCUT2D eigenvalue weighted by Crippen LogP contribution is 2.55. The van der Waals surface area contributed by atoms with Gasteiger partial charge in [0.2, 0.25) is 5.91 Å². The van der Waals surface area contributed by atoms with E-state index >= 15 is 0 Å². The summed E-state index contributed by atoms with van der Waals surface area (Å²) in [5.74, 6) is 0.177. The Balaban J connectivity index is 2.18. The van der Waals surface area contributed by atoms with Crippen molar-refractivity contribution in [2.45, 2.75) is 70.6 Å². The molecule has 2 aliphatic heterocycles. The second-order valence-corrected chi connectivity index (χ2v) is 15.9. The van der Waals surface area contributed by atoms with Crippen molar-refractivity contribution in [1.29, 1.82) is 0 Å². The van der Waals surface area contributed by atoms with Gasteiger partial charge in [0.15, 0.2) is 14.0 Å². The molecule has 1 saturated heterocycles. The number of esters is 1. The highest BCUT2D eigenvalue weighted by Gasteiger charge is 2.59. The normalized spacial score (nSPS) is 23.4. The maximum atomic E-state index is 13.0. The molecule has 2 heterocycles. The Morgan fingerprint density at radius 3 is 2.61 bits per heavy atom. The summed E-state index contributed by atoms with van der Waals surface area (Å²) in [4.78, 5) is 27.2. The topological polar surface area (TPSA) is 55.8 Å². The van der Waals surface area contributed by atoms with Crippen LogP contribution in [0.3, 0.4) is 0 Å². The summed E-state index contributed by atoms with van der Waals surface area (Å²) in [6.45, 7) is 18.8. The molecule has 0 N–H and O–H groups in total. The largest absolute Gasteiger partial charge is 0.457 e. The quantitative estimate of drug-likeness (QED) is 0.217. The second kappa shape index (κ2) is 8.98. The van der Waals surface area contributed by atoms with Gasteiger partial charge in [-0.3, -0.25) is 9.69 Å². The van der Waals surface area contributed by atoms with Crippen LogP contribution in [0.1, 0.15) is 41.0 Å². The number of amides is 1. The lowest BCUT2D eigenvalue weighted by Gasteiger charge is -2.48. The van der Waals surface area contributed by atoms with Crippen molar-refractivity contribution in [3.8, 4) is 0 Å². The number of thioether (sulfide) groups is 2. The summed E-state index contributed by atoms with van der Waals surface area (Å²) in [5.41, 5.74) is 0.399. The molecule has 0 bridgehead atoms. The monoisotopic (exact) mass is 443 g/mol. The van der Waals surface area contributed by atoms with E-state index in [1.807, 2.05) is 6.92 Å². The summed E-state index contributed by atoms with van der Waals surface area (Å²) >= 11 is 3.22. The first-order chi connectivity index (χ1) is 13.0. The highest BCUT2D eigenvalue weighted by molar-refractivity contribution is 8.22. The fourth-order valence-corrected chi connectivity index (χ4v) is 7.21. The molecule has 0 aromatic heterocycles. The number of β-lactam (4-membered cyclic amide) rings is 1. The molecule has 0 saturated carbocycles. The SMILES string of the molecule is C=CCOC(=O)C1=C(SCCC)S[C@@H]2[C@@H]([C@@H](C)O[Si](C)(C)C(C)(C)C)C(=O)N12. The third-order valence-corrected chi connectivity index (χ3v) is 12.9.